The summed E-state index contributed by atoms with van der Waals surface area (Å²) in [5, 5.41) is 2.37. The fourth-order valence-electron chi connectivity index (χ4n) is 5.96. The van der Waals surface area contributed by atoms with Crippen LogP contribution in [0.5, 0.6) is 23.0 Å². The molecular formula is C41H58N4O3. The summed E-state index contributed by atoms with van der Waals surface area (Å²) in [6.07, 6.45) is 4.05. The zero-order chi connectivity index (χ0) is 34.1. The Morgan fingerprint density at radius 1 is 0.583 bits per heavy atom. The first-order valence-electron chi connectivity index (χ1n) is 18.1. The van der Waals surface area contributed by atoms with Gasteiger partial charge in [-0.25, -0.2) is 0 Å². The fraction of sp³-hybridized carbons (Fsp3) is 0.463. The molecule has 7 nitrogen and oxygen atoms in total. The Bertz CT molecular complexity index is 1500. The van der Waals surface area contributed by atoms with Crippen LogP contribution in [0.4, 0.5) is 11.4 Å². The van der Waals surface area contributed by atoms with E-state index in [9.17, 15) is 0 Å². The fourth-order valence-corrected chi connectivity index (χ4v) is 5.96. The van der Waals surface area contributed by atoms with Gasteiger partial charge >= 0.3 is 0 Å². The molecule has 0 fully saturated rings. The number of benzene rings is 4. The van der Waals surface area contributed by atoms with Crippen LogP contribution >= 0.6 is 0 Å². The summed E-state index contributed by atoms with van der Waals surface area (Å²) in [5.74, 6) is 3.15. The molecule has 0 atom stereocenters. The molecule has 0 unspecified atom stereocenters. The average molecular weight is 655 g/mol. The maximum atomic E-state index is 6.89. The van der Waals surface area contributed by atoms with Crippen molar-refractivity contribution in [2.24, 2.45) is 0 Å². The minimum atomic E-state index is 0.610. The third-order valence-electron chi connectivity index (χ3n) is 9.02. The van der Waals surface area contributed by atoms with Gasteiger partial charge in [0.1, 0.15) is 23.0 Å². The van der Waals surface area contributed by atoms with E-state index in [-0.39, 0.29) is 0 Å². The standard InChI is InChI=1S/C41H58N4O3/c1-6-11-26-45(32-33-18-21-36(22-19-33)48-37-23-20-34-16-12-13-17-35(34)29-37)39-30-38(46-27-14-24-43(7-2)8-3)31-40(41(39)42)47-28-15-25-44(9-4)10-5/h12-13,16-23,29-31H,6-11,14-15,24-28,32,42H2,1-5H3. The van der Waals surface area contributed by atoms with Crippen molar-refractivity contribution in [2.45, 2.75) is 66.8 Å². The monoisotopic (exact) mass is 654 g/mol. The quantitative estimate of drug-likeness (QED) is 0.0670. The van der Waals surface area contributed by atoms with E-state index in [1.54, 1.807) is 0 Å². The summed E-state index contributed by atoms with van der Waals surface area (Å²) in [6.45, 7) is 20.1. The van der Waals surface area contributed by atoms with Crippen LogP contribution in [0.1, 0.15) is 65.9 Å². The van der Waals surface area contributed by atoms with E-state index in [1.165, 1.54) is 10.9 Å². The van der Waals surface area contributed by atoms with Crippen LogP contribution < -0.4 is 24.8 Å². The molecule has 0 amide bonds. The molecule has 48 heavy (non-hydrogen) atoms. The molecular weight excluding hydrogens is 596 g/mol. The lowest BCUT2D eigenvalue weighted by Crippen LogP contribution is -2.26. The topological polar surface area (TPSA) is 63.4 Å². The number of nitrogens with two attached hydrogens (primary N) is 1. The van der Waals surface area contributed by atoms with E-state index in [0.29, 0.717) is 31.2 Å². The second-order valence-corrected chi connectivity index (χ2v) is 12.3. The predicted octanol–water partition coefficient (Wildman–Crippen LogP) is 9.24. The number of nitrogen functional groups attached to an aromatic ring is 1. The van der Waals surface area contributed by atoms with Crippen LogP contribution in [-0.4, -0.2) is 68.8 Å². The number of nitrogens with zero attached hydrogens (tertiary/aromatic N) is 3. The number of rotatable bonds is 22. The first-order chi connectivity index (χ1) is 23.5. The van der Waals surface area contributed by atoms with Crippen molar-refractivity contribution in [1.82, 2.24) is 9.80 Å². The number of unbranched alkanes of at least 4 members (excludes halogenated alkanes) is 1. The van der Waals surface area contributed by atoms with Gasteiger partial charge < -0.3 is 34.6 Å². The van der Waals surface area contributed by atoms with E-state index < -0.39 is 0 Å². The highest BCUT2D eigenvalue weighted by Crippen LogP contribution is 2.39. The van der Waals surface area contributed by atoms with E-state index >= 15 is 0 Å². The van der Waals surface area contributed by atoms with Crippen molar-refractivity contribution in [3.8, 4) is 23.0 Å². The molecule has 0 aliphatic carbocycles. The number of anilines is 2. The average Bonchev–Trinajstić information content (AvgIpc) is 3.12. The van der Waals surface area contributed by atoms with Gasteiger partial charge in [0, 0.05) is 38.3 Å². The maximum absolute atomic E-state index is 6.89. The third-order valence-corrected chi connectivity index (χ3v) is 9.02. The summed E-state index contributed by atoms with van der Waals surface area (Å²) < 4.78 is 18.9. The molecule has 0 saturated heterocycles. The highest BCUT2D eigenvalue weighted by Gasteiger charge is 2.18. The molecule has 0 aliphatic heterocycles. The molecule has 260 valence electrons. The van der Waals surface area contributed by atoms with Crippen molar-refractivity contribution < 1.29 is 14.2 Å². The Balaban J connectivity index is 1.51. The van der Waals surface area contributed by atoms with Gasteiger partial charge in [0.05, 0.1) is 24.6 Å². The second kappa shape index (κ2) is 19.8. The van der Waals surface area contributed by atoms with E-state index in [1.807, 2.05) is 24.3 Å². The van der Waals surface area contributed by atoms with Crippen LogP contribution in [0.3, 0.4) is 0 Å². The summed E-state index contributed by atoms with van der Waals surface area (Å²) in [4.78, 5) is 7.20. The van der Waals surface area contributed by atoms with E-state index in [4.69, 9.17) is 19.9 Å². The Morgan fingerprint density at radius 2 is 1.21 bits per heavy atom. The Labute approximate surface area is 289 Å². The lowest BCUT2D eigenvalue weighted by molar-refractivity contribution is 0.243. The third kappa shape index (κ3) is 11.1. The van der Waals surface area contributed by atoms with Gasteiger partial charge in [-0.15, -0.1) is 0 Å². The zero-order valence-corrected chi connectivity index (χ0v) is 30.0. The van der Waals surface area contributed by atoms with Gasteiger partial charge in [-0.2, -0.15) is 0 Å². The van der Waals surface area contributed by atoms with Crippen LogP contribution in [0.2, 0.25) is 0 Å². The lowest BCUT2D eigenvalue weighted by Gasteiger charge is -2.28. The SMILES string of the molecule is CCCCN(Cc1ccc(Oc2ccc3ccccc3c2)cc1)c1cc(OCCCN(CC)CC)cc(OCCCN(CC)CC)c1N. The normalized spacial score (nSPS) is 11.4. The molecule has 0 bridgehead atoms. The number of fused-ring (bicyclic) bond motifs is 1. The minimum absolute atomic E-state index is 0.610. The molecule has 0 spiro atoms. The molecule has 4 aromatic carbocycles. The van der Waals surface area contributed by atoms with Gasteiger partial charge in [0.25, 0.3) is 0 Å². The summed E-state index contributed by atoms with van der Waals surface area (Å²) in [5.41, 5.74) is 9.70. The van der Waals surface area contributed by atoms with Crippen LogP contribution in [0, 0.1) is 0 Å². The zero-order valence-electron chi connectivity index (χ0n) is 30.0. The van der Waals surface area contributed by atoms with Gasteiger partial charge in [-0.05, 0) is 86.0 Å². The Morgan fingerprint density at radius 3 is 1.85 bits per heavy atom. The van der Waals surface area contributed by atoms with Crippen molar-refractivity contribution in [1.29, 1.82) is 0 Å². The van der Waals surface area contributed by atoms with E-state index in [2.05, 4.69) is 104 Å². The van der Waals surface area contributed by atoms with Crippen molar-refractivity contribution in [3.05, 3.63) is 84.4 Å². The predicted molar refractivity (Wildman–Crippen MR) is 203 cm³/mol. The number of ether oxygens (including phenoxy) is 3. The molecule has 0 saturated carbocycles. The first kappa shape index (κ1) is 36.9. The van der Waals surface area contributed by atoms with Crippen LogP contribution in [0.25, 0.3) is 10.8 Å². The molecule has 0 heterocycles. The van der Waals surface area contributed by atoms with Crippen molar-refractivity contribution >= 4 is 22.1 Å². The molecule has 4 aromatic rings. The Kier molecular flexibility index (Phi) is 15.2. The summed E-state index contributed by atoms with van der Waals surface area (Å²) >= 11 is 0. The van der Waals surface area contributed by atoms with Crippen molar-refractivity contribution in [2.75, 3.05) is 69.7 Å². The Hall–Kier alpha value is -3.94. The molecule has 2 N–H and O–H groups in total. The number of hydrogen-bond donors (Lipinski definition) is 1. The molecule has 4 rings (SSSR count). The second-order valence-electron chi connectivity index (χ2n) is 12.3. The van der Waals surface area contributed by atoms with Gasteiger partial charge in [-0.1, -0.05) is 83.5 Å². The van der Waals surface area contributed by atoms with Crippen molar-refractivity contribution in [3.63, 3.8) is 0 Å². The smallest absolute Gasteiger partial charge is 0.148 e. The molecule has 0 aliphatic rings. The number of hydrogen-bond acceptors (Lipinski definition) is 7. The summed E-state index contributed by atoms with van der Waals surface area (Å²) in [6, 6.07) is 27.0. The van der Waals surface area contributed by atoms with Gasteiger partial charge in [-0.3, -0.25) is 0 Å². The highest BCUT2D eigenvalue weighted by atomic mass is 16.5. The minimum Gasteiger partial charge on any atom is -0.493 e. The lowest BCUT2D eigenvalue weighted by atomic mass is 10.1. The van der Waals surface area contributed by atoms with Crippen LogP contribution in [-0.2, 0) is 6.54 Å². The van der Waals surface area contributed by atoms with Gasteiger partial charge in [0.2, 0.25) is 0 Å². The molecule has 0 radical (unpaired) electrons. The first-order valence-corrected chi connectivity index (χ1v) is 18.1. The molecule has 0 aromatic heterocycles. The van der Waals surface area contributed by atoms with Gasteiger partial charge in [0.15, 0.2) is 0 Å². The van der Waals surface area contributed by atoms with Crippen LogP contribution in [0.15, 0.2) is 78.9 Å². The van der Waals surface area contributed by atoms with E-state index in [0.717, 1.165) is 99.8 Å². The highest BCUT2D eigenvalue weighted by molar-refractivity contribution is 5.83. The largest absolute Gasteiger partial charge is 0.493 e. The molecule has 7 heteroatoms. The summed E-state index contributed by atoms with van der Waals surface area (Å²) in [7, 11) is 0. The maximum Gasteiger partial charge on any atom is 0.148 e.